The maximum atomic E-state index is 10.6. The molecule has 0 aromatic carbocycles. The second-order valence-corrected chi connectivity index (χ2v) is 2.24. The van der Waals surface area contributed by atoms with Crippen LogP contribution in [-0.2, 0) is 4.79 Å². The summed E-state index contributed by atoms with van der Waals surface area (Å²) in [7, 11) is 0. The lowest BCUT2D eigenvalue weighted by Gasteiger charge is -2.13. The molecule has 60 valence electrons. The van der Waals surface area contributed by atoms with Crippen LogP contribution in [0.4, 0.5) is 0 Å². The van der Waals surface area contributed by atoms with E-state index in [-0.39, 0.29) is 0 Å². The van der Waals surface area contributed by atoms with E-state index in [0.29, 0.717) is 6.42 Å². The van der Waals surface area contributed by atoms with Crippen LogP contribution in [0.3, 0.4) is 0 Å². The molecule has 0 aromatic rings. The first kappa shape index (κ1) is 9.39. The van der Waals surface area contributed by atoms with E-state index in [1.807, 2.05) is 0 Å². The van der Waals surface area contributed by atoms with Gasteiger partial charge in [-0.05, 0) is 6.42 Å². The van der Waals surface area contributed by atoms with Crippen LogP contribution in [0.15, 0.2) is 0 Å². The second-order valence-electron chi connectivity index (χ2n) is 2.24. The van der Waals surface area contributed by atoms with Gasteiger partial charge < -0.3 is 5.11 Å². The number of hydroxylamine groups is 1. The van der Waals surface area contributed by atoms with Gasteiger partial charge in [0.05, 0.1) is 12.0 Å². The molecular weight excluding hydrogens is 134 g/mol. The number of hydrogen-bond donors (Lipinski definition) is 3. The maximum Gasteiger partial charge on any atom is 0.248 e. The van der Waals surface area contributed by atoms with Gasteiger partial charge in [0, 0.05) is 0 Å². The van der Waals surface area contributed by atoms with E-state index >= 15 is 0 Å². The van der Waals surface area contributed by atoms with E-state index in [4.69, 9.17) is 10.3 Å². The van der Waals surface area contributed by atoms with Crippen LogP contribution in [0, 0.1) is 5.92 Å². The fourth-order valence-electron chi connectivity index (χ4n) is 0.630. The molecule has 4 heteroatoms. The van der Waals surface area contributed by atoms with Crippen LogP contribution in [-0.4, -0.2) is 22.3 Å². The van der Waals surface area contributed by atoms with Crippen molar-refractivity contribution in [2.45, 2.75) is 26.4 Å². The minimum atomic E-state index is -0.674. The number of carbonyl (C=O) groups is 1. The van der Waals surface area contributed by atoms with Crippen LogP contribution < -0.4 is 5.48 Å². The molecule has 3 N–H and O–H groups in total. The van der Waals surface area contributed by atoms with Crippen LogP contribution in [0.2, 0.25) is 0 Å². The summed E-state index contributed by atoms with van der Waals surface area (Å²) in [6.45, 7) is 3.32. The topological polar surface area (TPSA) is 69.6 Å². The molecule has 2 atom stereocenters. The number of hydrogen-bond acceptors (Lipinski definition) is 3. The standard InChI is InChI=1S/C6H13NO3/c1-3-5(8)4(2)6(9)7-10/h4-5,8,10H,3H2,1-2H3,(H,7,9)/t4-,5-/m0/s1. The largest absolute Gasteiger partial charge is 0.392 e. The highest BCUT2D eigenvalue weighted by Gasteiger charge is 2.19. The number of amides is 1. The van der Waals surface area contributed by atoms with Crippen molar-refractivity contribution >= 4 is 5.91 Å². The first-order valence-electron chi connectivity index (χ1n) is 3.25. The molecule has 4 nitrogen and oxygen atoms in total. The maximum absolute atomic E-state index is 10.6. The van der Waals surface area contributed by atoms with Gasteiger partial charge in [0.2, 0.25) is 5.91 Å². The average Bonchev–Trinajstić information content (AvgIpc) is 2.00. The Morgan fingerprint density at radius 2 is 2.20 bits per heavy atom. The molecule has 0 unspecified atom stereocenters. The van der Waals surface area contributed by atoms with Gasteiger partial charge in [0.1, 0.15) is 0 Å². The molecule has 0 heterocycles. The van der Waals surface area contributed by atoms with Gasteiger partial charge in [0.25, 0.3) is 0 Å². The van der Waals surface area contributed by atoms with Crippen LogP contribution in [0.1, 0.15) is 20.3 Å². The highest BCUT2D eigenvalue weighted by Crippen LogP contribution is 2.05. The van der Waals surface area contributed by atoms with Gasteiger partial charge >= 0.3 is 0 Å². The molecule has 0 saturated heterocycles. The molecule has 0 aliphatic heterocycles. The number of nitrogens with one attached hydrogen (secondary N) is 1. The van der Waals surface area contributed by atoms with Gasteiger partial charge in [0.15, 0.2) is 0 Å². The molecule has 0 rings (SSSR count). The zero-order chi connectivity index (χ0) is 8.15. The summed E-state index contributed by atoms with van der Waals surface area (Å²) in [5.74, 6) is -1.09. The predicted molar refractivity (Wildman–Crippen MR) is 35.4 cm³/mol. The molecule has 0 spiro atoms. The molecule has 0 radical (unpaired) electrons. The van der Waals surface area contributed by atoms with E-state index in [2.05, 4.69) is 0 Å². The number of aliphatic hydroxyl groups excluding tert-OH is 1. The Labute approximate surface area is 59.8 Å². The van der Waals surface area contributed by atoms with Crippen LogP contribution >= 0.6 is 0 Å². The van der Waals surface area contributed by atoms with E-state index in [1.54, 1.807) is 13.8 Å². The minimum absolute atomic E-state index is 0.509. The summed E-state index contributed by atoms with van der Waals surface area (Å²) in [5, 5.41) is 17.2. The third-order valence-corrected chi connectivity index (χ3v) is 1.52. The smallest absolute Gasteiger partial charge is 0.248 e. The van der Waals surface area contributed by atoms with E-state index in [1.165, 1.54) is 5.48 Å². The van der Waals surface area contributed by atoms with Crippen molar-refractivity contribution in [2.24, 2.45) is 5.92 Å². The summed E-state index contributed by atoms with van der Waals surface area (Å²) in [6, 6.07) is 0. The zero-order valence-electron chi connectivity index (χ0n) is 6.16. The van der Waals surface area contributed by atoms with Crippen LogP contribution in [0.25, 0.3) is 0 Å². The Kier molecular flexibility index (Phi) is 3.99. The van der Waals surface area contributed by atoms with Crippen molar-refractivity contribution in [1.82, 2.24) is 5.48 Å². The van der Waals surface area contributed by atoms with E-state index in [9.17, 15) is 4.79 Å². The zero-order valence-corrected chi connectivity index (χ0v) is 6.16. The summed E-state index contributed by atoms with van der Waals surface area (Å²) in [6.07, 6.45) is -0.165. The predicted octanol–water partition coefficient (Wildman–Crippen LogP) is -0.101. The molecule has 0 aromatic heterocycles. The quantitative estimate of drug-likeness (QED) is 0.385. The Hall–Kier alpha value is -0.610. The third kappa shape index (κ3) is 2.33. The van der Waals surface area contributed by atoms with Gasteiger partial charge in [-0.25, -0.2) is 5.48 Å². The van der Waals surface area contributed by atoms with Crippen molar-refractivity contribution in [3.8, 4) is 0 Å². The second kappa shape index (κ2) is 4.24. The summed E-state index contributed by atoms with van der Waals surface area (Å²) >= 11 is 0. The number of rotatable bonds is 3. The highest BCUT2D eigenvalue weighted by molar-refractivity contribution is 5.77. The minimum Gasteiger partial charge on any atom is -0.392 e. The first-order valence-corrected chi connectivity index (χ1v) is 3.25. The van der Waals surface area contributed by atoms with Crippen molar-refractivity contribution < 1.29 is 15.1 Å². The highest BCUT2D eigenvalue weighted by atomic mass is 16.5. The molecule has 0 fully saturated rings. The molecule has 0 aliphatic carbocycles. The SMILES string of the molecule is CC[C@H](O)[C@H](C)C(=O)NO. The van der Waals surface area contributed by atoms with Gasteiger partial charge in [-0.2, -0.15) is 0 Å². The molecule has 0 saturated carbocycles. The lowest BCUT2D eigenvalue weighted by molar-refractivity contribution is -0.136. The molecule has 0 bridgehead atoms. The lowest BCUT2D eigenvalue weighted by Crippen LogP contribution is -2.33. The summed E-state index contributed by atoms with van der Waals surface area (Å²) in [4.78, 5) is 10.6. The monoisotopic (exact) mass is 147 g/mol. The molecular formula is C6H13NO3. The normalized spacial score (nSPS) is 16.0. The van der Waals surface area contributed by atoms with Crippen molar-refractivity contribution in [3.63, 3.8) is 0 Å². The Bertz CT molecular complexity index is 116. The van der Waals surface area contributed by atoms with E-state index in [0.717, 1.165) is 0 Å². The fraction of sp³-hybridized carbons (Fsp3) is 0.833. The number of aliphatic hydroxyl groups is 1. The van der Waals surface area contributed by atoms with Crippen molar-refractivity contribution in [2.75, 3.05) is 0 Å². The first-order chi connectivity index (χ1) is 4.63. The van der Waals surface area contributed by atoms with Crippen LogP contribution in [0.5, 0.6) is 0 Å². The van der Waals surface area contributed by atoms with E-state index < -0.39 is 17.9 Å². The Morgan fingerprint density at radius 1 is 1.70 bits per heavy atom. The Morgan fingerprint density at radius 3 is 2.50 bits per heavy atom. The Balaban J connectivity index is 3.81. The summed E-state index contributed by atoms with van der Waals surface area (Å²) < 4.78 is 0. The average molecular weight is 147 g/mol. The molecule has 10 heavy (non-hydrogen) atoms. The van der Waals surface area contributed by atoms with Gasteiger partial charge in [-0.15, -0.1) is 0 Å². The van der Waals surface area contributed by atoms with Crippen molar-refractivity contribution in [3.05, 3.63) is 0 Å². The fourth-order valence-corrected chi connectivity index (χ4v) is 0.630. The van der Waals surface area contributed by atoms with Gasteiger partial charge in [-0.1, -0.05) is 13.8 Å². The lowest BCUT2D eigenvalue weighted by atomic mass is 10.0. The molecule has 1 amide bonds. The van der Waals surface area contributed by atoms with Crippen molar-refractivity contribution in [1.29, 1.82) is 0 Å². The van der Waals surface area contributed by atoms with Gasteiger partial charge in [-0.3, -0.25) is 10.0 Å². The number of carbonyl (C=O) groups excluding carboxylic acids is 1. The molecule has 0 aliphatic rings. The summed E-state index contributed by atoms with van der Waals surface area (Å²) in [5.41, 5.74) is 1.48. The third-order valence-electron chi connectivity index (χ3n) is 1.52.